The van der Waals surface area contributed by atoms with Gasteiger partial charge >= 0.3 is 0 Å². The third-order valence-corrected chi connectivity index (χ3v) is 3.80. The van der Waals surface area contributed by atoms with E-state index in [1.807, 2.05) is 20.2 Å². The summed E-state index contributed by atoms with van der Waals surface area (Å²) in [7, 11) is 4.02. The second kappa shape index (κ2) is 4.78. The Labute approximate surface area is 106 Å². The van der Waals surface area contributed by atoms with Crippen LogP contribution in [0.4, 0.5) is 0 Å². The maximum Gasteiger partial charge on any atom is 0.233 e. The van der Waals surface area contributed by atoms with Crippen LogP contribution in [0.3, 0.4) is 0 Å². The summed E-state index contributed by atoms with van der Waals surface area (Å²) in [4.78, 5) is 26.9. The van der Waals surface area contributed by atoms with Gasteiger partial charge in [-0.15, -0.1) is 0 Å². The van der Waals surface area contributed by atoms with Crippen LogP contribution >= 0.6 is 11.6 Å². The fourth-order valence-electron chi connectivity index (χ4n) is 2.45. The molecule has 17 heavy (non-hydrogen) atoms. The molecule has 0 unspecified atom stereocenters. The van der Waals surface area contributed by atoms with Gasteiger partial charge in [-0.25, -0.2) is 0 Å². The van der Waals surface area contributed by atoms with Crippen LogP contribution < -0.4 is 4.90 Å². The predicted molar refractivity (Wildman–Crippen MR) is 64.5 cm³/mol. The van der Waals surface area contributed by atoms with Crippen molar-refractivity contribution in [3.05, 3.63) is 11.1 Å². The maximum absolute atomic E-state index is 12.1. The van der Waals surface area contributed by atoms with E-state index in [4.69, 9.17) is 11.6 Å². The molecule has 2 atom stereocenters. The van der Waals surface area contributed by atoms with Crippen molar-refractivity contribution in [2.45, 2.75) is 12.8 Å². The molecule has 0 aromatic carbocycles. The number of quaternary nitrogens is 1. The molecule has 4 nitrogen and oxygen atoms in total. The van der Waals surface area contributed by atoms with Gasteiger partial charge < -0.3 is 4.90 Å². The van der Waals surface area contributed by atoms with E-state index >= 15 is 0 Å². The Morgan fingerprint density at radius 2 is 2.00 bits per heavy atom. The van der Waals surface area contributed by atoms with Crippen LogP contribution in [0.5, 0.6) is 0 Å². The number of carbonyl (C=O) groups excluding carboxylic acids is 2. The summed E-state index contributed by atoms with van der Waals surface area (Å²) in [5.41, 5.74) is 0. The Hall–Kier alpha value is -0.870. The van der Waals surface area contributed by atoms with Crippen molar-refractivity contribution < 1.29 is 14.5 Å². The van der Waals surface area contributed by atoms with Crippen molar-refractivity contribution in [1.82, 2.24) is 4.90 Å². The number of carbonyl (C=O) groups is 2. The summed E-state index contributed by atoms with van der Waals surface area (Å²) in [5, 5.41) is 0.715. The highest BCUT2D eigenvalue weighted by molar-refractivity contribution is 6.30. The predicted octanol–water partition coefficient (Wildman–Crippen LogP) is -0.351. The molecule has 1 aliphatic carbocycles. The van der Waals surface area contributed by atoms with Crippen LogP contribution in [0, 0.1) is 11.8 Å². The fourth-order valence-corrected chi connectivity index (χ4v) is 2.71. The summed E-state index contributed by atoms with van der Waals surface area (Å²) in [5.74, 6) is -0.423. The standard InChI is InChI=1S/C12H17ClN2O2/c1-14(2)5-6-15-11(16)9-4-3-8(13)7-10(9)12(15)17/h3,9-10H,4-7H2,1-2H3/p+1/t9-,10+/m1/s1. The molecule has 0 spiro atoms. The highest BCUT2D eigenvalue weighted by Crippen LogP contribution is 2.38. The van der Waals surface area contributed by atoms with Gasteiger partial charge in [0.05, 0.1) is 39.0 Å². The van der Waals surface area contributed by atoms with E-state index in [2.05, 4.69) is 0 Å². The normalized spacial score (nSPS) is 28.7. The molecule has 0 aromatic rings. The van der Waals surface area contributed by atoms with Crippen molar-refractivity contribution in [1.29, 1.82) is 0 Å². The maximum atomic E-state index is 12.1. The van der Waals surface area contributed by atoms with E-state index in [0.29, 0.717) is 24.4 Å². The molecule has 94 valence electrons. The number of nitrogens with one attached hydrogen (secondary N) is 1. The van der Waals surface area contributed by atoms with Crippen LogP contribution in [0.15, 0.2) is 11.1 Å². The highest BCUT2D eigenvalue weighted by atomic mass is 35.5. The number of rotatable bonds is 3. The summed E-state index contributed by atoms with van der Waals surface area (Å²) in [6, 6.07) is 0. The first-order valence-electron chi connectivity index (χ1n) is 5.99. The Bertz CT molecular complexity index is 379. The molecule has 2 rings (SSSR count). The first-order valence-corrected chi connectivity index (χ1v) is 6.37. The lowest BCUT2D eigenvalue weighted by molar-refractivity contribution is -0.857. The number of fused-ring (bicyclic) bond motifs is 1. The van der Waals surface area contributed by atoms with Crippen LogP contribution in [-0.2, 0) is 9.59 Å². The minimum absolute atomic E-state index is 0.0123. The summed E-state index contributed by atoms with van der Waals surface area (Å²) in [6.45, 7) is 1.31. The number of amides is 2. The number of likely N-dealkylation sites (N-methyl/N-ethyl adjacent to an activating group) is 1. The second-order valence-corrected chi connectivity index (χ2v) is 5.57. The van der Waals surface area contributed by atoms with Gasteiger partial charge in [-0.3, -0.25) is 14.5 Å². The molecular weight excluding hydrogens is 240 g/mol. The van der Waals surface area contributed by atoms with Crippen molar-refractivity contribution in [2.24, 2.45) is 11.8 Å². The van der Waals surface area contributed by atoms with E-state index in [-0.39, 0.29) is 23.7 Å². The number of nitrogens with zero attached hydrogens (tertiary/aromatic N) is 1. The van der Waals surface area contributed by atoms with E-state index in [9.17, 15) is 9.59 Å². The van der Waals surface area contributed by atoms with Gasteiger partial charge in [0.15, 0.2) is 0 Å². The number of halogens is 1. The molecule has 1 heterocycles. The molecule has 1 fully saturated rings. The number of imide groups is 1. The van der Waals surface area contributed by atoms with E-state index < -0.39 is 0 Å². The molecular formula is C12H18ClN2O2+. The lowest BCUT2D eigenvalue weighted by atomic mass is 9.85. The Kier molecular flexibility index (Phi) is 3.54. The van der Waals surface area contributed by atoms with Gasteiger partial charge in [0.2, 0.25) is 11.8 Å². The van der Waals surface area contributed by atoms with Crippen molar-refractivity contribution in [3.8, 4) is 0 Å². The van der Waals surface area contributed by atoms with Gasteiger partial charge in [-0.2, -0.15) is 0 Å². The summed E-state index contributed by atoms with van der Waals surface area (Å²) >= 11 is 5.95. The zero-order chi connectivity index (χ0) is 12.6. The molecule has 0 bridgehead atoms. The largest absolute Gasteiger partial charge is 0.338 e. The molecule has 1 saturated heterocycles. The van der Waals surface area contributed by atoms with Crippen LogP contribution in [0.1, 0.15) is 12.8 Å². The summed E-state index contributed by atoms with van der Waals surface area (Å²) < 4.78 is 0. The van der Waals surface area contributed by atoms with E-state index in [1.165, 1.54) is 9.80 Å². The quantitative estimate of drug-likeness (QED) is 0.703. The molecule has 0 saturated carbocycles. The monoisotopic (exact) mass is 257 g/mol. The Morgan fingerprint density at radius 1 is 1.35 bits per heavy atom. The lowest BCUT2D eigenvalue weighted by Crippen LogP contribution is -3.06. The topological polar surface area (TPSA) is 41.8 Å². The first kappa shape index (κ1) is 12.6. The van der Waals surface area contributed by atoms with Gasteiger partial charge in [-0.05, 0) is 12.8 Å². The van der Waals surface area contributed by atoms with Crippen molar-refractivity contribution in [3.63, 3.8) is 0 Å². The van der Waals surface area contributed by atoms with Crippen molar-refractivity contribution in [2.75, 3.05) is 27.2 Å². The molecule has 0 aromatic heterocycles. The molecule has 0 radical (unpaired) electrons. The third kappa shape index (κ3) is 2.38. The van der Waals surface area contributed by atoms with Crippen LogP contribution in [0.25, 0.3) is 0 Å². The summed E-state index contributed by atoms with van der Waals surface area (Å²) in [6.07, 6.45) is 3.01. The van der Waals surface area contributed by atoms with Gasteiger partial charge in [0.25, 0.3) is 0 Å². The SMILES string of the molecule is C[NH+](C)CCN1C(=O)[C@H]2CC(Cl)=CC[C@H]2C1=O. The average Bonchev–Trinajstić information content (AvgIpc) is 2.49. The Morgan fingerprint density at radius 3 is 2.65 bits per heavy atom. The molecule has 2 amide bonds. The number of hydrogen-bond donors (Lipinski definition) is 1. The van der Waals surface area contributed by atoms with Gasteiger partial charge in [0.1, 0.15) is 0 Å². The van der Waals surface area contributed by atoms with Gasteiger partial charge in [0, 0.05) is 5.03 Å². The van der Waals surface area contributed by atoms with Crippen molar-refractivity contribution >= 4 is 23.4 Å². The molecule has 5 heteroatoms. The minimum Gasteiger partial charge on any atom is -0.338 e. The zero-order valence-corrected chi connectivity index (χ0v) is 11.0. The molecule has 1 N–H and O–H groups in total. The number of likely N-dealkylation sites (tertiary alicyclic amines) is 1. The first-order chi connectivity index (χ1) is 8.00. The van der Waals surface area contributed by atoms with Gasteiger partial charge in [-0.1, -0.05) is 17.7 Å². The highest BCUT2D eigenvalue weighted by Gasteiger charge is 2.48. The smallest absolute Gasteiger partial charge is 0.233 e. The lowest BCUT2D eigenvalue weighted by Gasteiger charge is -2.17. The number of allylic oxidation sites excluding steroid dienone is 2. The van der Waals surface area contributed by atoms with Crippen LogP contribution in [-0.4, -0.2) is 43.9 Å². The Balaban J connectivity index is 2.08. The zero-order valence-electron chi connectivity index (χ0n) is 10.2. The van der Waals surface area contributed by atoms with Crippen LogP contribution in [0.2, 0.25) is 0 Å². The average molecular weight is 258 g/mol. The minimum atomic E-state index is -0.211. The molecule has 1 aliphatic heterocycles. The van der Waals surface area contributed by atoms with E-state index in [1.54, 1.807) is 0 Å². The molecule has 2 aliphatic rings. The fraction of sp³-hybridized carbons (Fsp3) is 0.667. The second-order valence-electron chi connectivity index (χ2n) is 5.09. The van der Waals surface area contributed by atoms with E-state index in [0.717, 1.165) is 6.54 Å². The number of hydrogen-bond acceptors (Lipinski definition) is 2. The third-order valence-electron chi connectivity index (χ3n) is 3.50.